The molecule has 0 amide bonds. The Morgan fingerprint density at radius 3 is 1.49 bits per heavy atom. The molecule has 5 nitrogen and oxygen atoms in total. The van der Waals surface area contributed by atoms with Crippen LogP contribution in [0, 0.1) is 41.5 Å². The summed E-state index contributed by atoms with van der Waals surface area (Å²) in [5, 5.41) is 13.3. The maximum absolute atomic E-state index is 12.2. The first-order chi connectivity index (χ1) is 27.1. The van der Waals surface area contributed by atoms with Gasteiger partial charge in [-0.15, -0.1) is 0 Å². The van der Waals surface area contributed by atoms with E-state index in [0.29, 0.717) is 5.57 Å². The maximum Gasteiger partial charge on any atom is 0.333 e. The average Bonchev–Trinajstić information content (AvgIpc) is 3.16. The quantitative estimate of drug-likeness (QED) is 0.0659. The van der Waals surface area contributed by atoms with E-state index in [1.54, 1.807) is 6.92 Å². The van der Waals surface area contributed by atoms with Gasteiger partial charge in [-0.25, -0.2) is 4.79 Å². The molecular formula is C52H61N3O2. The normalized spacial score (nSPS) is 11.2. The minimum absolute atomic E-state index is 0.0396. The van der Waals surface area contributed by atoms with E-state index in [1.807, 2.05) is 13.8 Å². The number of ether oxygens (including phenoxy) is 1. The summed E-state index contributed by atoms with van der Waals surface area (Å²) in [7, 11) is 0. The van der Waals surface area contributed by atoms with Crippen LogP contribution >= 0.6 is 0 Å². The van der Waals surface area contributed by atoms with Gasteiger partial charge in [-0.2, -0.15) is 0 Å². The highest BCUT2D eigenvalue weighted by Crippen LogP contribution is 2.40. The molecule has 0 spiro atoms. The predicted molar refractivity (Wildman–Crippen MR) is 245 cm³/mol. The zero-order valence-electron chi connectivity index (χ0n) is 35.9. The zero-order valence-corrected chi connectivity index (χ0v) is 35.9. The third-order valence-corrected chi connectivity index (χ3v) is 10.0. The molecule has 296 valence electrons. The summed E-state index contributed by atoms with van der Waals surface area (Å²) in [6.07, 6.45) is 1.25. The van der Waals surface area contributed by atoms with Gasteiger partial charge < -0.3 is 20.7 Å². The van der Waals surface area contributed by atoms with Crippen LogP contribution in [-0.2, 0) is 9.53 Å². The Balaban J connectivity index is 0.00000200. The van der Waals surface area contributed by atoms with E-state index in [4.69, 9.17) is 4.74 Å². The van der Waals surface area contributed by atoms with Crippen LogP contribution in [0.25, 0.3) is 10.8 Å². The second-order valence-electron chi connectivity index (χ2n) is 16.3. The number of aryl methyl sites for hydroxylation is 6. The van der Waals surface area contributed by atoms with E-state index < -0.39 is 5.54 Å². The van der Waals surface area contributed by atoms with Crippen molar-refractivity contribution in [2.75, 3.05) is 22.6 Å². The first kappa shape index (κ1) is 42.3. The number of hydrogen-bond donors (Lipinski definition) is 3. The van der Waals surface area contributed by atoms with Gasteiger partial charge >= 0.3 is 5.97 Å². The van der Waals surface area contributed by atoms with Gasteiger partial charge in [0.25, 0.3) is 0 Å². The highest BCUT2D eigenvalue weighted by Gasteiger charge is 2.24. The number of esters is 1. The molecule has 0 unspecified atom stereocenters. The fourth-order valence-corrected chi connectivity index (χ4v) is 7.57. The lowest BCUT2D eigenvalue weighted by Crippen LogP contribution is -2.37. The molecule has 0 bridgehead atoms. The molecule has 0 radical (unpaired) electrons. The van der Waals surface area contributed by atoms with Gasteiger partial charge in [-0.3, -0.25) is 0 Å². The van der Waals surface area contributed by atoms with Crippen molar-refractivity contribution in [1.82, 2.24) is 0 Å². The summed E-state index contributed by atoms with van der Waals surface area (Å²) in [5.41, 5.74) is 16.3. The van der Waals surface area contributed by atoms with E-state index in [1.165, 1.54) is 56.5 Å². The molecule has 0 aromatic heterocycles. The van der Waals surface area contributed by atoms with Gasteiger partial charge in [0.05, 0.1) is 5.54 Å². The van der Waals surface area contributed by atoms with Gasteiger partial charge in [0.2, 0.25) is 0 Å². The van der Waals surface area contributed by atoms with Crippen molar-refractivity contribution in [3.05, 3.63) is 171 Å². The average molecular weight is 760 g/mol. The molecule has 0 aliphatic rings. The number of rotatable bonds is 12. The molecule has 0 saturated heterocycles. The molecular weight excluding hydrogens is 699 g/mol. The minimum atomic E-state index is -0.511. The number of carbonyl (C=O) groups is 1. The number of benzene rings is 6. The number of nitrogens with one attached hydrogen (secondary N) is 3. The molecule has 57 heavy (non-hydrogen) atoms. The van der Waals surface area contributed by atoms with Crippen LogP contribution in [0.1, 0.15) is 97.0 Å². The summed E-state index contributed by atoms with van der Waals surface area (Å²) < 4.78 is 5.55. The van der Waals surface area contributed by atoms with Crippen molar-refractivity contribution in [2.45, 2.75) is 94.0 Å². The number of hydrogen-bond acceptors (Lipinski definition) is 5. The predicted octanol–water partition coefficient (Wildman–Crippen LogP) is 14.1. The van der Waals surface area contributed by atoms with Gasteiger partial charge in [0.15, 0.2) is 0 Å². The Hall–Kier alpha value is -5.81. The first-order valence-corrected chi connectivity index (χ1v) is 20.1. The highest BCUT2D eigenvalue weighted by atomic mass is 16.5. The topological polar surface area (TPSA) is 62.4 Å². The number of anilines is 5. The first-order valence-electron chi connectivity index (χ1n) is 20.1. The van der Waals surface area contributed by atoms with Gasteiger partial charge in [-0.1, -0.05) is 117 Å². The number of carbonyl (C=O) groups excluding carboxylic acids is 1. The van der Waals surface area contributed by atoms with E-state index in [9.17, 15) is 4.79 Å². The fraction of sp³-hybridized carbons (Fsp3) is 0.288. The lowest BCUT2D eigenvalue weighted by atomic mass is 9.82. The van der Waals surface area contributed by atoms with Gasteiger partial charge in [0, 0.05) is 45.3 Å². The van der Waals surface area contributed by atoms with Crippen LogP contribution in [0.5, 0.6) is 0 Å². The van der Waals surface area contributed by atoms with Crippen molar-refractivity contribution in [3.8, 4) is 0 Å². The van der Waals surface area contributed by atoms with Crippen molar-refractivity contribution in [1.29, 1.82) is 0 Å². The second-order valence-corrected chi connectivity index (χ2v) is 16.3. The van der Waals surface area contributed by atoms with Crippen LogP contribution in [0.15, 0.2) is 121 Å². The molecule has 0 aliphatic carbocycles. The van der Waals surface area contributed by atoms with E-state index in [-0.39, 0.29) is 18.5 Å². The van der Waals surface area contributed by atoms with Crippen molar-refractivity contribution in [3.63, 3.8) is 0 Å². The SMILES string of the molecule is C=C(C)C(=O)OCC(C)(C)Nc1ccc(C(c2ccc(Nc3c(C)cc(C)cc3C)cc2)c2ccc(Nc3c(C)cc(C)cc3C)cc2)c2ccccc12.CCC. The van der Waals surface area contributed by atoms with Crippen LogP contribution in [0.3, 0.4) is 0 Å². The molecule has 0 fully saturated rings. The molecule has 0 saturated carbocycles. The Bertz CT molecular complexity index is 2200. The molecule has 6 aromatic rings. The monoisotopic (exact) mass is 759 g/mol. The van der Waals surface area contributed by atoms with Crippen LogP contribution in [-0.4, -0.2) is 18.1 Å². The van der Waals surface area contributed by atoms with Gasteiger partial charge in [0.1, 0.15) is 6.61 Å². The van der Waals surface area contributed by atoms with E-state index in [0.717, 1.165) is 39.2 Å². The van der Waals surface area contributed by atoms with Crippen LogP contribution in [0.2, 0.25) is 0 Å². The molecule has 3 N–H and O–H groups in total. The smallest absolute Gasteiger partial charge is 0.333 e. The van der Waals surface area contributed by atoms with Crippen molar-refractivity contribution >= 4 is 45.2 Å². The Morgan fingerprint density at radius 1 is 0.649 bits per heavy atom. The third-order valence-electron chi connectivity index (χ3n) is 10.0. The molecule has 0 aliphatic heterocycles. The van der Waals surface area contributed by atoms with E-state index in [2.05, 4.69) is 187 Å². The number of fused-ring (bicyclic) bond motifs is 1. The van der Waals surface area contributed by atoms with E-state index >= 15 is 0 Å². The largest absolute Gasteiger partial charge is 0.460 e. The minimum Gasteiger partial charge on any atom is -0.460 e. The summed E-state index contributed by atoms with van der Waals surface area (Å²) in [6, 6.07) is 39.6. The molecule has 6 aromatic carbocycles. The van der Waals surface area contributed by atoms with Crippen LogP contribution in [0.4, 0.5) is 28.4 Å². The Labute approximate surface area is 341 Å². The molecule has 5 heteroatoms. The summed E-state index contributed by atoms with van der Waals surface area (Å²) >= 11 is 0. The lowest BCUT2D eigenvalue weighted by molar-refractivity contribution is -0.140. The highest BCUT2D eigenvalue weighted by molar-refractivity contribution is 5.97. The zero-order chi connectivity index (χ0) is 41.4. The van der Waals surface area contributed by atoms with Crippen molar-refractivity contribution in [2.24, 2.45) is 0 Å². The second kappa shape index (κ2) is 18.4. The van der Waals surface area contributed by atoms with Crippen LogP contribution < -0.4 is 16.0 Å². The summed E-state index contributed by atoms with van der Waals surface area (Å²) in [5.74, 6) is -0.425. The van der Waals surface area contributed by atoms with Gasteiger partial charge in [-0.05, 0) is 137 Å². The maximum atomic E-state index is 12.2. The molecule has 6 rings (SSSR count). The molecule has 0 heterocycles. The lowest BCUT2D eigenvalue weighted by Gasteiger charge is -2.29. The molecule has 0 atom stereocenters. The summed E-state index contributed by atoms with van der Waals surface area (Å²) in [6.45, 7) is 26.8. The Kier molecular flexibility index (Phi) is 13.7. The Morgan fingerprint density at radius 2 is 1.07 bits per heavy atom. The third kappa shape index (κ3) is 10.5. The summed E-state index contributed by atoms with van der Waals surface area (Å²) in [4.78, 5) is 12.2. The van der Waals surface area contributed by atoms with Crippen molar-refractivity contribution < 1.29 is 9.53 Å². The standard InChI is InChI=1S/C49H53N3O2.C3H8/c1-30(2)48(53)54-29-49(9,10)52-44-24-23-43(41-13-11-12-14-42(41)44)45(37-15-19-39(20-16-37)50-46-33(5)25-31(3)26-34(46)6)38-17-21-40(22-18-38)51-47-35(7)27-32(4)28-36(47)8;1-3-2/h11-28,45,50-52H,1,29H2,2-10H3;3H2,1-2H3. The fourth-order valence-electron chi connectivity index (χ4n) is 7.57.